The van der Waals surface area contributed by atoms with Gasteiger partial charge in [-0.3, -0.25) is 4.79 Å². The number of hydrogen-bond donors (Lipinski definition) is 1. The van der Waals surface area contributed by atoms with E-state index >= 15 is 0 Å². The Morgan fingerprint density at radius 1 is 1.29 bits per heavy atom. The predicted octanol–water partition coefficient (Wildman–Crippen LogP) is 3.13. The lowest BCUT2D eigenvalue weighted by molar-refractivity contribution is 0.0982. The maximum atomic E-state index is 11.9. The number of carbonyl (C=O) groups is 1. The molecule has 92 valence electrons. The van der Waals surface area contributed by atoms with Gasteiger partial charge in [-0.15, -0.1) is 0 Å². The summed E-state index contributed by atoms with van der Waals surface area (Å²) >= 11 is 0. The third kappa shape index (κ3) is 3.67. The van der Waals surface area contributed by atoms with E-state index < -0.39 is 0 Å². The molecule has 1 N–H and O–H groups in total. The van der Waals surface area contributed by atoms with E-state index in [1.807, 2.05) is 12.1 Å². The van der Waals surface area contributed by atoms with Crippen molar-refractivity contribution in [2.45, 2.75) is 45.1 Å². The van der Waals surface area contributed by atoms with Crippen LogP contribution in [0.4, 0.5) is 0 Å². The smallest absolute Gasteiger partial charge is 0.164 e. The van der Waals surface area contributed by atoms with Gasteiger partial charge >= 0.3 is 0 Å². The Bertz CT molecular complexity index is 376. The fourth-order valence-corrected chi connectivity index (χ4v) is 1.88. The molecule has 0 amide bonds. The third-order valence-electron chi connectivity index (χ3n) is 3.26. The number of ketones is 1. The number of Topliss-reactive ketones (excluding diaryl/α,β-unsaturated/α-hetero) is 1. The Hall–Kier alpha value is -1.15. The second kappa shape index (κ2) is 5.46. The number of carbonyl (C=O) groups excluding carboxylic acids is 1. The van der Waals surface area contributed by atoms with E-state index in [1.165, 1.54) is 18.4 Å². The standard InChI is InChI=1S/C15H21NO/c1-11(2)12-3-5-13(6-4-12)15(17)9-10-16-14-7-8-14/h3-6,11,14,16H,7-10H2,1-2H3. The molecule has 1 aromatic rings. The molecule has 0 radical (unpaired) electrons. The van der Waals surface area contributed by atoms with Crippen molar-refractivity contribution in [3.63, 3.8) is 0 Å². The van der Waals surface area contributed by atoms with E-state index in [4.69, 9.17) is 0 Å². The van der Waals surface area contributed by atoms with Gasteiger partial charge in [0.25, 0.3) is 0 Å². The Morgan fingerprint density at radius 3 is 2.47 bits per heavy atom. The van der Waals surface area contributed by atoms with Crippen molar-refractivity contribution in [2.24, 2.45) is 0 Å². The first-order valence-corrected chi connectivity index (χ1v) is 6.53. The zero-order valence-corrected chi connectivity index (χ0v) is 10.7. The molecule has 1 aromatic carbocycles. The Labute approximate surface area is 103 Å². The van der Waals surface area contributed by atoms with Crippen molar-refractivity contribution in [3.05, 3.63) is 35.4 Å². The maximum Gasteiger partial charge on any atom is 0.164 e. The molecule has 1 aliphatic rings. The minimum absolute atomic E-state index is 0.244. The number of benzene rings is 1. The SMILES string of the molecule is CC(C)c1ccc(C(=O)CCNC2CC2)cc1. The highest BCUT2D eigenvalue weighted by Crippen LogP contribution is 2.19. The molecule has 0 saturated heterocycles. The molecular formula is C15H21NO. The molecule has 1 saturated carbocycles. The first kappa shape index (κ1) is 12.3. The number of hydrogen-bond acceptors (Lipinski definition) is 2. The van der Waals surface area contributed by atoms with E-state index in [0.29, 0.717) is 18.4 Å². The molecule has 0 spiro atoms. The van der Waals surface area contributed by atoms with Crippen LogP contribution in [0.25, 0.3) is 0 Å². The van der Waals surface area contributed by atoms with Crippen LogP contribution in [-0.2, 0) is 0 Å². The first-order chi connectivity index (χ1) is 8.16. The Balaban J connectivity index is 1.84. The van der Waals surface area contributed by atoms with Gasteiger partial charge in [-0.25, -0.2) is 0 Å². The van der Waals surface area contributed by atoms with Crippen LogP contribution in [0.3, 0.4) is 0 Å². The van der Waals surface area contributed by atoms with Crippen LogP contribution in [0.5, 0.6) is 0 Å². The normalized spacial score (nSPS) is 15.2. The summed E-state index contributed by atoms with van der Waals surface area (Å²) in [5.74, 6) is 0.768. The van der Waals surface area contributed by atoms with Gasteiger partial charge in [0.1, 0.15) is 0 Å². The summed E-state index contributed by atoms with van der Waals surface area (Å²) in [6, 6.07) is 8.72. The molecule has 1 aliphatic carbocycles. The second-order valence-corrected chi connectivity index (χ2v) is 5.18. The highest BCUT2D eigenvalue weighted by atomic mass is 16.1. The van der Waals surface area contributed by atoms with Crippen LogP contribution >= 0.6 is 0 Å². The summed E-state index contributed by atoms with van der Waals surface area (Å²) in [6.45, 7) is 5.14. The topological polar surface area (TPSA) is 29.1 Å². The first-order valence-electron chi connectivity index (χ1n) is 6.53. The maximum absolute atomic E-state index is 11.9. The molecule has 0 atom stereocenters. The van der Waals surface area contributed by atoms with Gasteiger partial charge in [-0.1, -0.05) is 38.1 Å². The molecule has 0 aliphatic heterocycles. The zero-order valence-electron chi connectivity index (χ0n) is 10.7. The zero-order chi connectivity index (χ0) is 12.3. The summed E-state index contributed by atoms with van der Waals surface area (Å²) in [6.07, 6.45) is 3.16. The van der Waals surface area contributed by atoms with Crippen molar-refractivity contribution < 1.29 is 4.79 Å². The number of rotatable bonds is 6. The largest absolute Gasteiger partial charge is 0.314 e. The molecule has 0 aromatic heterocycles. The van der Waals surface area contributed by atoms with E-state index in [2.05, 4.69) is 31.3 Å². The van der Waals surface area contributed by atoms with Crippen molar-refractivity contribution >= 4 is 5.78 Å². The van der Waals surface area contributed by atoms with Gasteiger partial charge in [0.15, 0.2) is 5.78 Å². The minimum Gasteiger partial charge on any atom is -0.314 e. The van der Waals surface area contributed by atoms with Crippen LogP contribution in [0, 0.1) is 0 Å². The van der Waals surface area contributed by atoms with Gasteiger partial charge in [0.2, 0.25) is 0 Å². The summed E-state index contributed by atoms with van der Waals surface area (Å²) in [4.78, 5) is 11.9. The lowest BCUT2D eigenvalue weighted by Gasteiger charge is -2.06. The van der Waals surface area contributed by atoms with Gasteiger partial charge in [-0.05, 0) is 24.3 Å². The van der Waals surface area contributed by atoms with Gasteiger partial charge < -0.3 is 5.32 Å². The minimum atomic E-state index is 0.244. The fraction of sp³-hybridized carbons (Fsp3) is 0.533. The van der Waals surface area contributed by atoms with Crippen LogP contribution in [-0.4, -0.2) is 18.4 Å². The third-order valence-corrected chi connectivity index (χ3v) is 3.26. The van der Waals surface area contributed by atoms with E-state index in [0.717, 1.165) is 12.1 Å². The Kier molecular flexibility index (Phi) is 3.95. The molecule has 1 fully saturated rings. The van der Waals surface area contributed by atoms with E-state index in [1.54, 1.807) is 0 Å². The van der Waals surface area contributed by atoms with Crippen molar-refractivity contribution in [1.82, 2.24) is 5.32 Å². The van der Waals surface area contributed by atoms with Crippen LogP contribution < -0.4 is 5.32 Å². The molecule has 17 heavy (non-hydrogen) atoms. The highest BCUT2D eigenvalue weighted by molar-refractivity contribution is 5.96. The number of nitrogens with one attached hydrogen (secondary N) is 1. The predicted molar refractivity (Wildman–Crippen MR) is 70.5 cm³/mol. The molecule has 2 rings (SSSR count). The average molecular weight is 231 g/mol. The summed E-state index contributed by atoms with van der Waals surface area (Å²) < 4.78 is 0. The van der Waals surface area contributed by atoms with Crippen molar-refractivity contribution in [2.75, 3.05) is 6.54 Å². The summed E-state index contributed by atoms with van der Waals surface area (Å²) in [7, 11) is 0. The molecule has 2 heteroatoms. The second-order valence-electron chi connectivity index (χ2n) is 5.18. The Morgan fingerprint density at radius 2 is 1.94 bits per heavy atom. The van der Waals surface area contributed by atoms with Gasteiger partial charge in [0.05, 0.1) is 0 Å². The van der Waals surface area contributed by atoms with Gasteiger partial charge in [-0.2, -0.15) is 0 Å². The van der Waals surface area contributed by atoms with Crippen LogP contribution in [0.1, 0.15) is 54.9 Å². The average Bonchev–Trinajstić information content (AvgIpc) is 3.13. The molecular weight excluding hydrogens is 210 g/mol. The van der Waals surface area contributed by atoms with Crippen molar-refractivity contribution in [1.29, 1.82) is 0 Å². The lowest BCUT2D eigenvalue weighted by atomic mass is 10.00. The molecule has 0 unspecified atom stereocenters. The van der Waals surface area contributed by atoms with Crippen LogP contribution in [0.15, 0.2) is 24.3 Å². The summed E-state index contributed by atoms with van der Waals surface area (Å²) in [5, 5.41) is 3.37. The van der Waals surface area contributed by atoms with Gasteiger partial charge in [0, 0.05) is 24.6 Å². The lowest BCUT2D eigenvalue weighted by Crippen LogP contribution is -2.20. The monoisotopic (exact) mass is 231 g/mol. The fourth-order valence-electron chi connectivity index (χ4n) is 1.88. The quantitative estimate of drug-likeness (QED) is 0.762. The van der Waals surface area contributed by atoms with E-state index in [9.17, 15) is 4.79 Å². The molecule has 0 bridgehead atoms. The van der Waals surface area contributed by atoms with E-state index in [-0.39, 0.29) is 5.78 Å². The summed E-state index contributed by atoms with van der Waals surface area (Å²) in [5.41, 5.74) is 2.13. The highest BCUT2D eigenvalue weighted by Gasteiger charge is 2.20. The van der Waals surface area contributed by atoms with Crippen LogP contribution in [0.2, 0.25) is 0 Å². The molecule has 2 nitrogen and oxygen atoms in total. The molecule has 0 heterocycles. The van der Waals surface area contributed by atoms with Crippen molar-refractivity contribution in [3.8, 4) is 0 Å².